The fourth-order valence-corrected chi connectivity index (χ4v) is 5.96. The summed E-state index contributed by atoms with van der Waals surface area (Å²) in [6.07, 6.45) is -3.72. The summed E-state index contributed by atoms with van der Waals surface area (Å²) in [4.78, 5) is 34.2. The van der Waals surface area contributed by atoms with Crippen LogP contribution in [0.25, 0.3) is 0 Å². The van der Waals surface area contributed by atoms with Gasteiger partial charge in [-0.25, -0.2) is 4.98 Å². The lowest BCUT2D eigenvalue weighted by molar-refractivity contribution is -0.339. The maximum absolute atomic E-state index is 14.7. The van der Waals surface area contributed by atoms with Crippen molar-refractivity contribution in [1.29, 1.82) is 0 Å². The first-order valence-electron chi connectivity index (χ1n) is 13.3. The Balaban J connectivity index is 1.39. The highest BCUT2D eigenvalue weighted by Gasteiger charge is 2.74. The van der Waals surface area contributed by atoms with Crippen LogP contribution in [0.15, 0.2) is 42.5 Å². The smallest absolute Gasteiger partial charge is 0.370 e. The van der Waals surface area contributed by atoms with E-state index >= 15 is 0 Å². The van der Waals surface area contributed by atoms with Crippen molar-refractivity contribution in [3.05, 3.63) is 58.7 Å². The Morgan fingerprint density at radius 1 is 0.902 bits per heavy atom. The molecule has 0 bridgehead atoms. The molecule has 224 valence electrons. The van der Waals surface area contributed by atoms with Gasteiger partial charge in [0.2, 0.25) is 5.60 Å². The lowest BCUT2D eigenvalue weighted by Crippen LogP contribution is -2.63. The van der Waals surface area contributed by atoms with Gasteiger partial charge in [0, 0.05) is 40.3 Å². The molecule has 0 radical (unpaired) electrons. The summed E-state index contributed by atoms with van der Waals surface area (Å²) >= 11 is 6.26. The first-order valence-corrected chi connectivity index (χ1v) is 13.7. The first kappa shape index (κ1) is 31.0. The van der Waals surface area contributed by atoms with Gasteiger partial charge < -0.3 is 19.8 Å². The van der Waals surface area contributed by atoms with Crippen LogP contribution in [-0.2, 0) is 10.4 Å². The minimum Gasteiger partial charge on any atom is -0.370 e. The van der Waals surface area contributed by atoms with E-state index < -0.39 is 29.2 Å². The molecule has 1 N–H and O–H groups in total. The highest BCUT2D eigenvalue weighted by Crippen LogP contribution is 2.49. The molecular formula is C28H32ClF5N4O3. The van der Waals surface area contributed by atoms with Crippen LogP contribution < -0.4 is 4.90 Å². The predicted molar refractivity (Wildman–Crippen MR) is 143 cm³/mol. The van der Waals surface area contributed by atoms with Crippen LogP contribution in [-0.4, -0.2) is 84.1 Å². The van der Waals surface area contributed by atoms with Crippen molar-refractivity contribution in [1.82, 2.24) is 14.8 Å². The van der Waals surface area contributed by atoms with Gasteiger partial charge in [0.1, 0.15) is 11.0 Å². The van der Waals surface area contributed by atoms with Gasteiger partial charge in [-0.1, -0.05) is 41.9 Å². The largest absolute Gasteiger partial charge is 0.457 e. The third kappa shape index (κ3) is 5.86. The monoisotopic (exact) mass is 602 g/mol. The van der Waals surface area contributed by atoms with Gasteiger partial charge >= 0.3 is 12.1 Å². The fraction of sp³-hybridized carbons (Fsp3) is 0.536. The minimum atomic E-state index is -6.14. The standard InChI is InChI=1S/C28H32ClF5N4O3/c1-36(2)24(39)21-8-9-22(35-23(21)29)37-14-10-18(11-15-37)19-12-16-38(17-13-19)25(40)26(41,20-6-4-3-5-7-20)27(30,31)28(32,33)34/h3-9,18-19,41H,10-17H2,1-2H3/t26-/m0/s1. The van der Waals surface area contributed by atoms with Crippen LogP contribution in [0.4, 0.5) is 27.8 Å². The number of hydrogen-bond acceptors (Lipinski definition) is 5. The number of carbonyl (C=O) groups is 2. The van der Waals surface area contributed by atoms with Crippen LogP contribution in [0.1, 0.15) is 41.6 Å². The molecule has 0 saturated carbocycles. The summed E-state index contributed by atoms with van der Waals surface area (Å²) in [6, 6.07) is 8.96. The van der Waals surface area contributed by atoms with E-state index in [1.54, 1.807) is 26.2 Å². The molecule has 2 fully saturated rings. The lowest BCUT2D eigenvalue weighted by Gasteiger charge is -2.43. The molecule has 0 unspecified atom stereocenters. The Bertz CT molecular complexity index is 1250. The second-order valence-electron chi connectivity index (χ2n) is 10.8. The summed E-state index contributed by atoms with van der Waals surface area (Å²) in [6.45, 7) is 1.26. The molecule has 2 saturated heterocycles. The number of aromatic nitrogens is 1. The maximum Gasteiger partial charge on any atom is 0.457 e. The molecule has 1 aromatic heterocycles. The van der Waals surface area contributed by atoms with Crippen molar-refractivity contribution in [2.45, 2.75) is 43.4 Å². The number of amides is 2. The first-order chi connectivity index (χ1) is 19.2. The third-order valence-corrected chi connectivity index (χ3v) is 8.43. The van der Waals surface area contributed by atoms with Crippen LogP contribution in [0, 0.1) is 11.8 Å². The summed E-state index contributed by atoms with van der Waals surface area (Å²) in [5.41, 5.74) is -4.58. The van der Waals surface area contributed by atoms with E-state index in [1.807, 2.05) is 0 Å². The Morgan fingerprint density at radius 3 is 1.93 bits per heavy atom. The normalized spacial score (nSPS) is 19.1. The molecule has 0 spiro atoms. The van der Waals surface area contributed by atoms with Crippen molar-refractivity contribution in [2.75, 3.05) is 45.2 Å². The van der Waals surface area contributed by atoms with Gasteiger partial charge in [-0.15, -0.1) is 0 Å². The molecule has 1 atom stereocenters. The number of aliphatic hydroxyl groups is 1. The van der Waals surface area contributed by atoms with Crippen molar-refractivity contribution in [3.63, 3.8) is 0 Å². The Morgan fingerprint density at radius 2 is 1.44 bits per heavy atom. The molecule has 2 aliphatic heterocycles. The van der Waals surface area contributed by atoms with Crippen molar-refractivity contribution >= 4 is 29.2 Å². The van der Waals surface area contributed by atoms with E-state index in [9.17, 15) is 36.6 Å². The Hall–Kier alpha value is -2.99. The van der Waals surface area contributed by atoms with Crippen molar-refractivity contribution in [3.8, 4) is 0 Å². The summed E-state index contributed by atoms with van der Waals surface area (Å²) in [7, 11) is 3.25. The highest BCUT2D eigenvalue weighted by atomic mass is 35.5. The second-order valence-corrected chi connectivity index (χ2v) is 11.2. The molecular weight excluding hydrogens is 571 g/mol. The SMILES string of the molecule is CN(C)C(=O)c1ccc(N2CCC(C3CCN(C(=O)[C@@](O)(c4ccccc4)C(F)(F)C(F)(F)F)CC3)CC2)nc1Cl. The number of halogens is 6. The maximum atomic E-state index is 14.7. The Kier molecular flexibility index (Phi) is 8.84. The number of alkyl halides is 5. The number of piperidine rings is 2. The second kappa shape index (κ2) is 11.7. The van der Waals surface area contributed by atoms with Gasteiger partial charge in [-0.2, -0.15) is 22.0 Å². The predicted octanol–water partition coefficient (Wildman–Crippen LogP) is 4.98. The third-order valence-electron chi connectivity index (χ3n) is 8.14. The number of pyridine rings is 1. The summed E-state index contributed by atoms with van der Waals surface area (Å²) in [5.74, 6) is -6.55. The van der Waals surface area contributed by atoms with Gasteiger partial charge in [0.25, 0.3) is 11.8 Å². The number of carbonyl (C=O) groups excluding carboxylic acids is 2. The van der Waals surface area contributed by atoms with Gasteiger partial charge in [0.15, 0.2) is 0 Å². The van der Waals surface area contributed by atoms with E-state index in [0.29, 0.717) is 37.3 Å². The molecule has 0 aliphatic carbocycles. The highest BCUT2D eigenvalue weighted by molar-refractivity contribution is 6.32. The molecule has 2 aromatic rings. The number of hydrogen-bond donors (Lipinski definition) is 1. The minimum absolute atomic E-state index is 0.0364. The topological polar surface area (TPSA) is 77.0 Å². The number of rotatable bonds is 6. The molecule has 13 heteroatoms. The van der Waals surface area contributed by atoms with Gasteiger partial charge in [-0.05, 0) is 55.2 Å². The van der Waals surface area contributed by atoms with E-state index in [-0.39, 0.29) is 36.0 Å². The average molecular weight is 603 g/mol. The van der Waals surface area contributed by atoms with E-state index in [1.165, 1.54) is 23.1 Å². The van der Waals surface area contributed by atoms with Crippen LogP contribution in [0.3, 0.4) is 0 Å². The van der Waals surface area contributed by atoms with Crippen LogP contribution in [0.2, 0.25) is 5.15 Å². The molecule has 41 heavy (non-hydrogen) atoms. The number of nitrogens with zero attached hydrogens (tertiary/aromatic N) is 4. The zero-order chi connectivity index (χ0) is 30.2. The molecule has 2 aliphatic rings. The Labute approximate surface area is 239 Å². The number of benzene rings is 1. The van der Waals surface area contributed by atoms with Gasteiger partial charge in [0.05, 0.1) is 5.56 Å². The molecule has 2 amide bonds. The molecule has 7 nitrogen and oxygen atoms in total. The number of anilines is 1. The number of likely N-dealkylation sites (tertiary alicyclic amines) is 1. The summed E-state index contributed by atoms with van der Waals surface area (Å²) in [5, 5.41) is 10.9. The summed E-state index contributed by atoms with van der Waals surface area (Å²) < 4.78 is 69.5. The van der Waals surface area contributed by atoms with E-state index in [2.05, 4.69) is 9.88 Å². The van der Waals surface area contributed by atoms with Crippen molar-refractivity contribution < 1.29 is 36.6 Å². The van der Waals surface area contributed by atoms with Crippen molar-refractivity contribution in [2.24, 2.45) is 11.8 Å². The molecule has 4 rings (SSSR count). The fourth-order valence-electron chi connectivity index (χ4n) is 5.73. The zero-order valence-corrected chi connectivity index (χ0v) is 23.4. The quantitative estimate of drug-likeness (QED) is 0.373. The zero-order valence-electron chi connectivity index (χ0n) is 22.7. The molecule has 3 heterocycles. The lowest BCUT2D eigenvalue weighted by atomic mass is 9.78. The van der Waals surface area contributed by atoms with Gasteiger partial charge in [-0.3, -0.25) is 9.59 Å². The average Bonchev–Trinajstić information content (AvgIpc) is 2.96. The van der Waals surface area contributed by atoms with E-state index in [4.69, 9.17) is 11.6 Å². The molecule has 1 aromatic carbocycles. The van der Waals surface area contributed by atoms with Crippen LogP contribution in [0.5, 0.6) is 0 Å². The van der Waals surface area contributed by atoms with Crippen LogP contribution >= 0.6 is 11.6 Å². The van der Waals surface area contributed by atoms with E-state index in [0.717, 1.165) is 29.9 Å².